The highest BCUT2D eigenvalue weighted by atomic mass is 35.5. The fourth-order valence-electron chi connectivity index (χ4n) is 6.91. The fourth-order valence-corrected chi connectivity index (χ4v) is 7.16. The molecular formula is C39H40Cl2F3N5O4. The number of hydrogen-bond acceptors (Lipinski definition) is 7. The Balaban J connectivity index is 1.46. The van der Waals surface area contributed by atoms with E-state index < -0.39 is 47.3 Å². The molecule has 0 bridgehead atoms. The van der Waals surface area contributed by atoms with Gasteiger partial charge in [0.1, 0.15) is 12.3 Å². The number of carbonyl (C=O) groups excluding carboxylic acids is 2. The second kappa shape index (κ2) is 16.9. The Kier molecular flexibility index (Phi) is 12.3. The predicted molar refractivity (Wildman–Crippen MR) is 196 cm³/mol. The van der Waals surface area contributed by atoms with Gasteiger partial charge < -0.3 is 15.0 Å². The van der Waals surface area contributed by atoms with Crippen molar-refractivity contribution in [2.24, 2.45) is 0 Å². The third-order valence-electron chi connectivity index (χ3n) is 9.46. The number of hydroxylamine groups is 1. The summed E-state index contributed by atoms with van der Waals surface area (Å²) in [6.45, 7) is 2.60. The van der Waals surface area contributed by atoms with E-state index in [0.29, 0.717) is 36.0 Å². The molecule has 2 atom stereocenters. The minimum atomic E-state index is -4.67. The van der Waals surface area contributed by atoms with Crippen LogP contribution in [0.4, 0.5) is 13.2 Å². The second-order valence-corrected chi connectivity index (χ2v) is 13.8. The maximum absolute atomic E-state index is 15.5. The molecule has 2 fully saturated rings. The molecule has 2 aliphatic rings. The van der Waals surface area contributed by atoms with E-state index in [9.17, 15) is 18.0 Å². The zero-order valence-electron chi connectivity index (χ0n) is 28.9. The van der Waals surface area contributed by atoms with E-state index in [1.807, 2.05) is 54.6 Å². The van der Waals surface area contributed by atoms with Gasteiger partial charge in [0.2, 0.25) is 0 Å². The highest BCUT2D eigenvalue weighted by molar-refractivity contribution is 6.30. The molecule has 2 amide bonds. The van der Waals surface area contributed by atoms with Gasteiger partial charge in [-0.1, -0.05) is 83.9 Å². The van der Waals surface area contributed by atoms with Crippen molar-refractivity contribution in [2.75, 3.05) is 26.2 Å². The summed E-state index contributed by atoms with van der Waals surface area (Å²) in [6.07, 6.45) is -3.60. The molecule has 0 saturated carbocycles. The first kappa shape index (κ1) is 38.6. The Labute approximate surface area is 316 Å². The normalized spacial score (nSPS) is 20.6. The molecule has 53 heavy (non-hydrogen) atoms. The van der Waals surface area contributed by atoms with Crippen LogP contribution in [0, 0.1) is 0 Å². The van der Waals surface area contributed by atoms with Gasteiger partial charge in [-0.15, -0.1) is 0 Å². The molecule has 0 spiro atoms. The van der Waals surface area contributed by atoms with Gasteiger partial charge in [0.15, 0.2) is 5.66 Å². The lowest BCUT2D eigenvalue weighted by Crippen LogP contribution is -2.63. The average Bonchev–Trinajstić information content (AvgIpc) is 3.56. The SMILES string of the molecule is CCOc1cc(C(F)(F)F)ccc1C1(C(=O)N(CC(=O)NOCc2ccccc2)C2CCNCC2)NC(c2ccc(Cl)cc2)C(c2ccc(Cl)cc2)N1. The van der Waals surface area contributed by atoms with Crippen LogP contribution in [0.1, 0.15) is 59.7 Å². The highest BCUT2D eigenvalue weighted by Crippen LogP contribution is 2.46. The summed E-state index contributed by atoms with van der Waals surface area (Å²) in [6, 6.07) is 25.0. The number of hydrogen-bond donors (Lipinski definition) is 4. The van der Waals surface area contributed by atoms with Crippen LogP contribution in [0.5, 0.6) is 5.75 Å². The molecule has 0 aromatic heterocycles. The Bertz CT molecular complexity index is 1810. The molecule has 4 aromatic rings. The van der Waals surface area contributed by atoms with Crippen molar-refractivity contribution in [3.05, 3.63) is 135 Å². The van der Waals surface area contributed by atoms with Crippen LogP contribution in [0.15, 0.2) is 97.1 Å². The standard InChI is InChI=1S/C39H40Cl2F3N5O4/c1-2-52-33-22-28(39(42,43)44)12-17-32(33)38(46-35(26-8-13-29(40)14-9-26)36(47-38)27-10-15-30(41)16-11-27)37(51)49(31-18-20-45-21-19-31)23-34(50)48-53-24-25-6-4-3-5-7-25/h3-17,22,31,35-36,45-47H,2,18-21,23-24H2,1H3,(H,48,50). The lowest BCUT2D eigenvalue weighted by Gasteiger charge is -2.41. The molecule has 2 saturated heterocycles. The lowest BCUT2D eigenvalue weighted by atomic mass is 9.93. The fraction of sp³-hybridized carbons (Fsp3) is 0.333. The first-order valence-corrected chi connectivity index (χ1v) is 18.1. The third kappa shape index (κ3) is 8.97. The smallest absolute Gasteiger partial charge is 0.416 e. The Hall–Kier alpha value is -4.17. The average molecular weight is 771 g/mol. The molecule has 14 heteroatoms. The summed E-state index contributed by atoms with van der Waals surface area (Å²) in [4.78, 5) is 36.1. The topological polar surface area (TPSA) is 104 Å². The van der Waals surface area contributed by atoms with Crippen LogP contribution < -0.4 is 26.2 Å². The molecule has 4 aromatic carbocycles. The molecule has 280 valence electrons. The van der Waals surface area contributed by atoms with Crippen LogP contribution >= 0.6 is 23.2 Å². The molecule has 2 aliphatic heterocycles. The van der Waals surface area contributed by atoms with Gasteiger partial charge in [-0.3, -0.25) is 25.1 Å². The second-order valence-electron chi connectivity index (χ2n) is 13.0. The molecule has 6 rings (SSSR count). The number of rotatable bonds is 12. The predicted octanol–water partition coefficient (Wildman–Crippen LogP) is 7.07. The van der Waals surface area contributed by atoms with Gasteiger partial charge in [-0.05, 0) is 85.9 Å². The lowest BCUT2D eigenvalue weighted by molar-refractivity contribution is -0.149. The summed E-state index contributed by atoms with van der Waals surface area (Å²) < 4.78 is 48.1. The molecule has 2 unspecified atom stereocenters. The van der Waals surface area contributed by atoms with E-state index in [0.717, 1.165) is 28.8 Å². The van der Waals surface area contributed by atoms with Gasteiger partial charge >= 0.3 is 6.18 Å². The van der Waals surface area contributed by atoms with Gasteiger partial charge in [0, 0.05) is 21.7 Å². The Morgan fingerprint density at radius 1 is 0.868 bits per heavy atom. The molecule has 9 nitrogen and oxygen atoms in total. The summed E-state index contributed by atoms with van der Waals surface area (Å²) >= 11 is 12.5. The van der Waals surface area contributed by atoms with Gasteiger partial charge in [0.25, 0.3) is 11.8 Å². The first-order chi connectivity index (χ1) is 25.5. The summed E-state index contributed by atoms with van der Waals surface area (Å²) in [5, 5.41) is 11.3. The largest absolute Gasteiger partial charge is 0.493 e. The van der Waals surface area contributed by atoms with Crippen LogP contribution in [0.25, 0.3) is 0 Å². The van der Waals surface area contributed by atoms with E-state index in [2.05, 4.69) is 21.4 Å². The molecule has 0 aliphatic carbocycles. The van der Waals surface area contributed by atoms with Gasteiger partial charge in [0.05, 0.1) is 30.9 Å². The summed E-state index contributed by atoms with van der Waals surface area (Å²) in [7, 11) is 0. The Morgan fingerprint density at radius 3 is 2.00 bits per heavy atom. The third-order valence-corrected chi connectivity index (χ3v) is 9.97. The van der Waals surface area contributed by atoms with Crippen molar-refractivity contribution in [1.29, 1.82) is 0 Å². The minimum Gasteiger partial charge on any atom is -0.493 e. The number of ether oxygens (including phenoxy) is 1. The number of carbonyl (C=O) groups is 2. The number of benzene rings is 4. The van der Waals surface area contributed by atoms with Crippen molar-refractivity contribution >= 4 is 35.0 Å². The monoisotopic (exact) mass is 769 g/mol. The number of alkyl halides is 3. The number of piperidine rings is 1. The number of halogens is 5. The van der Waals surface area contributed by atoms with E-state index in [1.165, 1.54) is 11.0 Å². The number of nitrogens with one attached hydrogen (secondary N) is 4. The van der Waals surface area contributed by atoms with Crippen LogP contribution in [0.3, 0.4) is 0 Å². The minimum absolute atomic E-state index is 0.0268. The quantitative estimate of drug-likeness (QED) is 0.114. The van der Waals surface area contributed by atoms with Gasteiger partial charge in [-0.2, -0.15) is 13.2 Å². The van der Waals surface area contributed by atoms with Crippen molar-refractivity contribution < 1.29 is 32.3 Å². The van der Waals surface area contributed by atoms with Crippen LogP contribution in [-0.4, -0.2) is 49.0 Å². The summed E-state index contributed by atoms with van der Waals surface area (Å²) in [5.74, 6) is -1.27. The van der Waals surface area contributed by atoms with Crippen molar-refractivity contribution in [3.63, 3.8) is 0 Å². The number of amides is 2. The van der Waals surface area contributed by atoms with Crippen molar-refractivity contribution in [3.8, 4) is 5.75 Å². The first-order valence-electron chi connectivity index (χ1n) is 17.4. The maximum Gasteiger partial charge on any atom is 0.416 e. The molecular weight excluding hydrogens is 730 g/mol. The van der Waals surface area contributed by atoms with E-state index >= 15 is 4.79 Å². The van der Waals surface area contributed by atoms with Gasteiger partial charge in [-0.25, -0.2) is 5.48 Å². The van der Waals surface area contributed by atoms with E-state index in [-0.39, 0.29) is 31.1 Å². The summed E-state index contributed by atoms with van der Waals surface area (Å²) in [5.41, 5.74) is 2.12. The van der Waals surface area contributed by atoms with Crippen LogP contribution in [0.2, 0.25) is 10.0 Å². The maximum atomic E-state index is 15.5. The molecule has 4 N–H and O–H groups in total. The Morgan fingerprint density at radius 2 is 1.45 bits per heavy atom. The van der Waals surface area contributed by atoms with Crippen LogP contribution in [-0.2, 0) is 32.9 Å². The molecule has 0 radical (unpaired) electrons. The highest BCUT2D eigenvalue weighted by Gasteiger charge is 2.55. The van der Waals surface area contributed by atoms with E-state index in [1.54, 1.807) is 31.2 Å². The van der Waals surface area contributed by atoms with E-state index in [4.69, 9.17) is 32.8 Å². The zero-order chi connectivity index (χ0) is 37.6. The van der Waals surface area contributed by atoms with Crippen molar-refractivity contribution in [2.45, 2.75) is 56.3 Å². The zero-order valence-corrected chi connectivity index (χ0v) is 30.4. The number of nitrogens with zero attached hydrogens (tertiary/aromatic N) is 1. The van der Waals surface area contributed by atoms with Crippen molar-refractivity contribution in [1.82, 2.24) is 26.3 Å². The molecule has 2 heterocycles.